The van der Waals surface area contributed by atoms with Crippen LogP contribution in [0, 0.1) is 10.1 Å². The molecule has 0 radical (unpaired) electrons. The van der Waals surface area contributed by atoms with Crippen molar-refractivity contribution < 1.29 is 9.92 Å². The molecule has 2 atom stereocenters. The van der Waals surface area contributed by atoms with E-state index in [9.17, 15) is 10.1 Å². The summed E-state index contributed by atoms with van der Waals surface area (Å²) in [5.74, 6) is 0. The van der Waals surface area contributed by atoms with Crippen molar-refractivity contribution >= 4 is 0 Å². The zero-order valence-corrected chi connectivity index (χ0v) is 7.42. The number of nitrogens with two attached hydrogens (primary N) is 1. The molecule has 0 spiro atoms. The van der Waals surface area contributed by atoms with E-state index in [0.717, 1.165) is 11.1 Å². The third-order valence-corrected chi connectivity index (χ3v) is 2.46. The molecule has 1 aliphatic rings. The van der Waals surface area contributed by atoms with E-state index in [4.69, 9.17) is 5.73 Å². The van der Waals surface area contributed by atoms with E-state index >= 15 is 0 Å². The molecular weight excluding hydrogens is 184 g/mol. The van der Waals surface area contributed by atoms with Crippen LogP contribution in [-0.2, 0) is 11.3 Å². The number of benzene rings is 1. The van der Waals surface area contributed by atoms with Crippen molar-refractivity contribution in [1.82, 2.24) is 0 Å². The van der Waals surface area contributed by atoms with Crippen LogP contribution in [0.5, 0.6) is 0 Å². The summed E-state index contributed by atoms with van der Waals surface area (Å²) in [4.78, 5) is 14.7. The first-order chi connectivity index (χ1) is 6.68. The number of hydrogen-bond donors (Lipinski definition) is 1. The molecule has 14 heavy (non-hydrogen) atoms. The molecule has 0 aromatic heterocycles. The van der Waals surface area contributed by atoms with Crippen LogP contribution in [0.3, 0.4) is 0 Å². The first kappa shape index (κ1) is 8.96. The van der Waals surface area contributed by atoms with Crippen LogP contribution >= 0.6 is 0 Å². The van der Waals surface area contributed by atoms with Crippen molar-refractivity contribution in [3.63, 3.8) is 0 Å². The second kappa shape index (κ2) is 3.26. The summed E-state index contributed by atoms with van der Waals surface area (Å²) >= 11 is 0. The molecule has 1 aromatic carbocycles. The fraction of sp³-hybridized carbons (Fsp3) is 0.333. The van der Waals surface area contributed by atoms with Crippen LogP contribution in [-0.4, -0.2) is 11.2 Å². The van der Waals surface area contributed by atoms with E-state index in [2.05, 4.69) is 4.84 Å². The Morgan fingerprint density at radius 3 is 2.86 bits per heavy atom. The normalized spacial score (nSPS) is 24.4. The standard InChI is InChI=1S/C9H10N2O3/c10-9-7-4-2-1-3-6(7)5-8(9)14-11(12)13/h1-4,8-9H,5,10H2/t8-,9+/m0/s1. The molecule has 2 rings (SSSR count). The fourth-order valence-corrected chi connectivity index (χ4v) is 1.80. The summed E-state index contributed by atoms with van der Waals surface area (Å²) in [6.45, 7) is 0. The molecule has 5 nitrogen and oxygen atoms in total. The van der Waals surface area contributed by atoms with Crippen LogP contribution in [0.4, 0.5) is 0 Å². The lowest BCUT2D eigenvalue weighted by Gasteiger charge is -2.12. The highest BCUT2D eigenvalue weighted by Crippen LogP contribution is 2.31. The lowest BCUT2D eigenvalue weighted by Crippen LogP contribution is -2.27. The molecule has 0 saturated heterocycles. The zero-order valence-electron chi connectivity index (χ0n) is 7.42. The van der Waals surface area contributed by atoms with E-state index in [1.165, 1.54) is 0 Å². The van der Waals surface area contributed by atoms with Crippen molar-refractivity contribution in [3.05, 3.63) is 45.5 Å². The van der Waals surface area contributed by atoms with Gasteiger partial charge < -0.3 is 10.6 Å². The number of fused-ring (bicyclic) bond motifs is 1. The van der Waals surface area contributed by atoms with Gasteiger partial charge in [-0.3, -0.25) is 0 Å². The molecule has 0 heterocycles. The average molecular weight is 194 g/mol. The summed E-state index contributed by atoms with van der Waals surface area (Å²) in [6, 6.07) is 7.16. The van der Waals surface area contributed by atoms with Crippen LogP contribution < -0.4 is 5.73 Å². The maximum absolute atomic E-state index is 10.2. The molecular formula is C9H10N2O3. The summed E-state index contributed by atoms with van der Waals surface area (Å²) in [5.41, 5.74) is 7.79. The van der Waals surface area contributed by atoms with Gasteiger partial charge in [-0.1, -0.05) is 24.3 Å². The lowest BCUT2D eigenvalue weighted by atomic mass is 10.1. The van der Waals surface area contributed by atoms with Gasteiger partial charge in [-0.05, 0) is 11.1 Å². The minimum absolute atomic E-state index is 0.392. The minimum atomic E-state index is -0.781. The maximum Gasteiger partial charge on any atom is 0.294 e. The second-order valence-electron chi connectivity index (χ2n) is 3.30. The largest absolute Gasteiger partial charge is 0.322 e. The van der Waals surface area contributed by atoms with Gasteiger partial charge in [0.15, 0.2) is 0 Å². The van der Waals surface area contributed by atoms with E-state index in [-0.39, 0.29) is 0 Å². The molecule has 2 N–H and O–H groups in total. The van der Waals surface area contributed by atoms with Crippen molar-refractivity contribution in [3.8, 4) is 0 Å². The second-order valence-corrected chi connectivity index (χ2v) is 3.30. The van der Waals surface area contributed by atoms with E-state index in [1.807, 2.05) is 24.3 Å². The van der Waals surface area contributed by atoms with E-state index in [1.54, 1.807) is 0 Å². The van der Waals surface area contributed by atoms with Gasteiger partial charge >= 0.3 is 0 Å². The molecule has 0 aliphatic heterocycles. The Balaban J connectivity index is 2.21. The van der Waals surface area contributed by atoms with Gasteiger partial charge in [0, 0.05) is 6.42 Å². The predicted octanol–water partition coefficient (Wildman–Crippen LogP) is 0.819. The number of rotatable bonds is 2. The first-order valence-corrected chi connectivity index (χ1v) is 4.33. The van der Waals surface area contributed by atoms with Crippen molar-refractivity contribution in [2.24, 2.45) is 5.73 Å². The van der Waals surface area contributed by atoms with Gasteiger partial charge in [0.25, 0.3) is 5.09 Å². The van der Waals surface area contributed by atoms with Crippen LogP contribution in [0.25, 0.3) is 0 Å². The van der Waals surface area contributed by atoms with Gasteiger partial charge in [-0.15, -0.1) is 10.1 Å². The SMILES string of the molecule is N[C@@H]1c2ccccc2C[C@@H]1O[N+](=O)[O-]. The maximum atomic E-state index is 10.2. The topological polar surface area (TPSA) is 78.4 Å². The highest BCUT2D eigenvalue weighted by Gasteiger charge is 2.31. The van der Waals surface area contributed by atoms with Gasteiger partial charge in [-0.2, -0.15) is 0 Å². The van der Waals surface area contributed by atoms with Crippen molar-refractivity contribution in [2.45, 2.75) is 18.6 Å². The van der Waals surface area contributed by atoms with Crippen LogP contribution in [0.1, 0.15) is 17.2 Å². The molecule has 0 amide bonds. The number of hydrogen-bond acceptors (Lipinski definition) is 4. The first-order valence-electron chi connectivity index (χ1n) is 4.33. The smallest absolute Gasteiger partial charge is 0.294 e. The summed E-state index contributed by atoms with van der Waals surface area (Å²) in [5, 5.41) is 9.40. The molecule has 5 heteroatoms. The Kier molecular flexibility index (Phi) is 2.09. The predicted molar refractivity (Wildman–Crippen MR) is 48.9 cm³/mol. The monoisotopic (exact) mass is 194 g/mol. The van der Waals surface area contributed by atoms with Gasteiger partial charge in [0.05, 0.1) is 6.04 Å². The molecule has 0 saturated carbocycles. The Morgan fingerprint density at radius 2 is 2.21 bits per heavy atom. The Hall–Kier alpha value is -1.62. The summed E-state index contributed by atoms with van der Waals surface area (Å²) in [6.07, 6.45) is -0.0272. The van der Waals surface area contributed by atoms with Gasteiger partial charge in [0.1, 0.15) is 6.10 Å². The molecule has 74 valence electrons. The van der Waals surface area contributed by atoms with Crippen molar-refractivity contribution in [2.75, 3.05) is 0 Å². The minimum Gasteiger partial charge on any atom is -0.322 e. The molecule has 1 aliphatic carbocycles. The Labute approximate surface area is 80.6 Å². The van der Waals surface area contributed by atoms with Crippen LogP contribution in [0.15, 0.2) is 24.3 Å². The fourth-order valence-electron chi connectivity index (χ4n) is 1.80. The zero-order chi connectivity index (χ0) is 10.1. The lowest BCUT2D eigenvalue weighted by molar-refractivity contribution is -0.769. The molecule has 0 fully saturated rings. The summed E-state index contributed by atoms with van der Waals surface area (Å²) < 4.78 is 0. The third-order valence-electron chi connectivity index (χ3n) is 2.46. The average Bonchev–Trinajstić information content (AvgIpc) is 2.44. The highest BCUT2D eigenvalue weighted by atomic mass is 17.0. The quantitative estimate of drug-likeness (QED) is 0.558. The summed E-state index contributed by atoms with van der Waals surface area (Å²) in [7, 11) is 0. The molecule has 0 unspecified atom stereocenters. The Morgan fingerprint density at radius 1 is 1.50 bits per heavy atom. The number of nitrogens with zero attached hydrogens (tertiary/aromatic N) is 1. The van der Waals surface area contributed by atoms with E-state index < -0.39 is 17.2 Å². The van der Waals surface area contributed by atoms with E-state index in [0.29, 0.717) is 6.42 Å². The van der Waals surface area contributed by atoms with Gasteiger partial charge in [-0.25, -0.2) is 0 Å². The molecule has 1 aromatic rings. The third kappa shape index (κ3) is 1.42. The Bertz CT molecular complexity index is 367. The van der Waals surface area contributed by atoms with Crippen LogP contribution in [0.2, 0.25) is 0 Å². The van der Waals surface area contributed by atoms with Crippen molar-refractivity contribution in [1.29, 1.82) is 0 Å². The molecule has 0 bridgehead atoms. The van der Waals surface area contributed by atoms with Gasteiger partial charge in [0.2, 0.25) is 0 Å². The highest BCUT2D eigenvalue weighted by molar-refractivity contribution is 5.35.